The Balaban J connectivity index is 1.73. The minimum Gasteiger partial charge on any atom is -0.467 e. The first kappa shape index (κ1) is 17.1. The Kier molecular flexibility index (Phi) is 6.19. The van der Waals surface area contributed by atoms with Gasteiger partial charge in [0.2, 0.25) is 5.91 Å². The number of benzene rings is 1. The molecule has 0 radical (unpaired) electrons. The second-order valence-electron chi connectivity index (χ2n) is 5.07. The van der Waals surface area contributed by atoms with Gasteiger partial charge in [-0.1, -0.05) is 29.8 Å². The van der Waals surface area contributed by atoms with Crippen molar-refractivity contribution in [1.82, 2.24) is 15.5 Å². The van der Waals surface area contributed by atoms with Crippen LogP contribution in [0.15, 0.2) is 47.1 Å². The molecule has 0 saturated carbocycles. The number of nitrogens with zero attached hydrogens (tertiary/aromatic N) is 1. The Morgan fingerprint density at radius 3 is 2.70 bits per heavy atom. The number of hydrogen-bond acceptors (Lipinski definition) is 4. The molecule has 0 aliphatic heterocycles. The van der Waals surface area contributed by atoms with E-state index in [4.69, 9.17) is 16.0 Å². The Hall–Kier alpha value is -2.31. The van der Waals surface area contributed by atoms with E-state index in [1.54, 1.807) is 30.1 Å². The molecule has 0 atom stereocenters. The van der Waals surface area contributed by atoms with Crippen molar-refractivity contribution in [3.63, 3.8) is 0 Å². The molecule has 1 aromatic heterocycles. The molecule has 122 valence electrons. The number of rotatable bonds is 6. The summed E-state index contributed by atoms with van der Waals surface area (Å²) in [5, 5.41) is 5.46. The molecule has 6 nitrogen and oxygen atoms in total. The molecule has 2 rings (SSSR count). The van der Waals surface area contributed by atoms with Gasteiger partial charge in [0.15, 0.2) is 0 Å². The lowest BCUT2D eigenvalue weighted by atomic mass is 10.2. The number of furan rings is 1. The molecule has 1 aromatic carbocycles. The van der Waals surface area contributed by atoms with Gasteiger partial charge in [-0.15, -0.1) is 0 Å². The van der Waals surface area contributed by atoms with Crippen LogP contribution in [-0.2, 0) is 17.9 Å². The van der Waals surface area contributed by atoms with E-state index in [1.807, 2.05) is 18.2 Å². The van der Waals surface area contributed by atoms with Crippen molar-refractivity contribution in [2.75, 3.05) is 13.6 Å². The van der Waals surface area contributed by atoms with Crippen LogP contribution >= 0.6 is 11.6 Å². The minimum absolute atomic E-state index is 0.0827. The summed E-state index contributed by atoms with van der Waals surface area (Å²) in [4.78, 5) is 25.2. The Labute approximate surface area is 139 Å². The lowest BCUT2D eigenvalue weighted by Crippen LogP contribution is -2.43. The van der Waals surface area contributed by atoms with Gasteiger partial charge >= 0.3 is 6.03 Å². The number of carbonyl (C=O) groups is 2. The first-order valence-corrected chi connectivity index (χ1v) is 7.44. The summed E-state index contributed by atoms with van der Waals surface area (Å²) in [5.74, 6) is 0.222. The third-order valence-electron chi connectivity index (χ3n) is 3.07. The van der Waals surface area contributed by atoms with Gasteiger partial charge in [0, 0.05) is 11.6 Å². The number of imide groups is 1. The van der Waals surface area contributed by atoms with Crippen LogP contribution in [0.5, 0.6) is 0 Å². The van der Waals surface area contributed by atoms with Crippen LogP contribution < -0.4 is 10.6 Å². The second kappa shape index (κ2) is 8.36. The Bertz CT molecular complexity index is 658. The monoisotopic (exact) mass is 335 g/mol. The third kappa shape index (κ3) is 5.77. The maximum atomic E-state index is 11.8. The van der Waals surface area contributed by atoms with Crippen molar-refractivity contribution < 1.29 is 14.0 Å². The number of likely N-dealkylation sites (N-methyl/N-ethyl adjacent to an activating group) is 1. The molecule has 2 N–H and O–H groups in total. The van der Waals surface area contributed by atoms with Crippen molar-refractivity contribution in [2.45, 2.75) is 13.1 Å². The van der Waals surface area contributed by atoms with Gasteiger partial charge < -0.3 is 9.73 Å². The number of hydrogen-bond donors (Lipinski definition) is 2. The zero-order valence-corrected chi connectivity index (χ0v) is 13.5. The molecule has 0 unspecified atom stereocenters. The quantitative estimate of drug-likeness (QED) is 0.850. The van der Waals surface area contributed by atoms with Crippen LogP contribution in [0.1, 0.15) is 11.3 Å². The molecule has 0 saturated heterocycles. The van der Waals surface area contributed by atoms with E-state index in [-0.39, 0.29) is 13.1 Å². The highest BCUT2D eigenvalue weighted by Gasteiger charge is 2.12. The van der Waals surface area contributed by atoms with Crippen LogP contribution in [0.25, 0.3) is 0 Å². The summed E-state index contributed by atoms with van der Waals surface area (Å²) in [5.41, 5.74) is 0.923. The fraction of sp³-hybridized carbons (Fsp3) is 0.250. The summed E-state index contributed by atoms with van der Waals surface area (Å²) in [7, 11) is 1.78. The molecule has 1 heterocycles. The normalized spacial score (nSPS) is 10.6. The first-order valence-electron chi connectivity index (χ1n) is 7.06. The topological polar surface area (TPSA) is 74.6 Å². The molecule has 0 aliphatic carbocycles. The average molecular weight is 336 g/mol. The largest absolute Gasteiger partial charge is 0.467 e. The van der Waals surface area contributed by atoms with E-state index in [1.165, 1.54) is 6.26 Å². The average Bonchev–Trinajstić information content (AvgIpc) is 3.00. The molecular formula is C16H18ClN3O3. The predicted molar refractivity (Wildman–Crippen MR) is 86.9 cm³/mol. The minimum atomic E-state index is -0.558. The van der Waals surface area contributed by atoms with Crippen molar-refractivity contribution in [1.29, 1.82) is 0 Å². The van der Waals surface area contributed by atoms with E-state index in [0.717, 1.165) is 5.56 Å². The third-order valence-corrected chi connectivity index (χ3v) is 3.44. The molecule has 23 heavy (non-hydrogen) atoms. The van der Waals surface area contributed by atoms with Gasteiger partial charge in [0.1, 0.15) is 5.76 Å². The van der Waals surface area contributed by atoms with Gasteiger partial charge in [-0.25, -0.2) is 4.79 Å². The first-order chi connectivity index (χ1) is 11.0. The van der Waals surface area contributed by atoms with Crippen LogP contribution in [0, 0.1) is 0 Å². The van der Waals surface area contributed by atoms with Gasteiger partial charge in [-0.05, 0) is 30.8 Å². The van der Waals surface area contributed by atoms with Crippen molar-refractivity contribution in [3.8, 4) is 0 Å². The summed E-state index contributed by atoms with van der Waals surface area (Å²) in [6.07, 6.45) is 1.52. The van der Waals surface area contributed by atoms with Crippen molar-refractivity contribution in [3.05, 3.63) is 59.0 Å². The van der Waals surface area contributed by atoms with Gasteiger partial charge in [-0.3, -0.25) is 15.0 Å². The highest BCUT2D eigenvalue weighted by atomic mass is 35.5. The lowest BCUT2D eigenvalue weighted by Gasteiger charge is -2.16. The molecule has 0 aliphatic rings. The fourth-order valence-electron chi connectivity index (χ4n) is 2.01. The zero-order valence-electron chi connectivity index (χ0n) is 12.7. The van der Waals surface area contributed by atoms with Crippen molar-refractivity contribution in [2.24, 2.45) is 0 Å². The standard InChI is InChI=1S/C16H18ClN3O3/c1-20(10-12-5-2-3-7-14(12)17)11-15(21)19-16(22)18-9-13-6-4-8-23-13/h2-8H,9-11H2,1H3,(H2,18,19,21,22). The molecule has 0 bridgehead atoms. The summed E-state index contributed by atoms with van der Waals surface area (Å²) >= 11 is 6.08. The van der Waals surface area contributed by atoms with Gasteiger partial charge in [-0.2, -0.15) is 0 Å². The molecule has 0 fully saturated rings. The van der Waals surface area contributed by atoms with E-state index in [9.17, 15) is 9.59 Å². The number of nitrogens with one attached hydrogen (secondary N) is 2. The number of urea groups is 1. The maximum Gasteiger partial charge on any atom is 0.321 e. The van der Waals surface area contributed by atoms with Gasteiger partial charge in [0.05, 0.1) is 19.4 Å². The van der Waals surface area contributed by atoms with E-state index in [2.05, 4.69) is 10.6 Å². The number of amides is 3. The summed E-state index contributed by atoms with van der Waals surface area (Å²) in [6.45, 7) is 0.822. The summed E-state index contributed by atoms with van der Waals surface area (Å²) in [6, 6.07) is 10.3. The molecule has 2 aromatic rings. The van der Waals surface area contributed by atoms with E-state index >= 15 is 0 Å². The number of carbonyl (C=O) groups excluding carboxylic acids is 2. The smallest absolute Gasteiger partial charge is 0.321 e. The number of halogens is 1. The molecule has 7 heteroatoms. The second-order valence-corrected chi connectivity index (χ2v) is 5.48. The molecular weight excluding hydrogens is 318 g/mol. The zero-order chi connectivity index (χ0) is 16.7. The van der Waals surface area contributed by atoms with Crippen LogP contribution in [0.4, 0.5) is 4.79 Å². The molecule has 0 spiro atoms. The SMILES string of the molecule is CN(CC(=O)NC(=O)NCc1ccco1)Cc1ccccc1Cl. The van der Waals surface area contributed by atoms with Crippen LogP contribution in [0.3, 0.4) is 0 Å². The summed E-state index contributed by atoms with van der Waals surface area (Å²) < 4.78 is 5.08. The van der Waals surface area contributed by atoms with Crippen LogP contribution in [0.2, 0.25) is 5.02 Å². The fourth-order valence-corrected chi connectivity index (χ4v) is 2.20. The van der Waals surface area contributed by atoms with Gasteiger partial charge in [0.25, 0.3) is 0 Å². The highest BCUT2D eigenvalue weighted by molar-refractivity contribution is 6.31. The predicted octanol–water partition coefficient (Wildman–Crippen LogP) is 2.39. The highest BCUT2D eigenvalue weighted by Crippen LogP contribution is 2.16. The van der Waals surface area contributed by atoms with Crippen molar-refractivity contribution >= 4 is 23.5 Å². The van der Waals surface area contributed by atoms with E-state index < -0.39 is 11.9 Å². The Morgan fingerprint density at radius 2 is 2.00 bits per heavy atom. The van der Waals surface area contributed by atoms with E-state index in [0.29, 0.717) is 17.3 Å². The lowest BCUT2D eigenvalue weighted by molar-refractivity contribution is -0.120. The van der Waals surface area contributed by atoms with Crippen LogP contribution in [-0.4, -0.2) is 30.4 Å². The molecule has 3 amide bonds. The Morgan fingerprint density at radius 1 is 1.22 bits per heavy atom. The maximum absolute atomic E-state index is 11.8.